The maximum absolute atomic E-state index is 12.5. The van der Waals surface area contributed by atoms with E-state index in [1.54, 1.807) is 0 Å². The smallest absolute Gasteiger partial charge is 0.305 e. The number of ether oxygens (including phenoxy) is 1. The van der Waals surface area contributed by atoms with Crippen LogP contribution in [0.4, 0.5) is 0 Å². The third kappa shape index (κ3) is 65.5. The first-order chi connectivity index (χ1) is 39.5. The molecule has 474 valence electrons. The van der Waals surface area contributed by atoms with Gasteiger partial charge >= 0.3 is 5.97 Å². The molecule has 2 atom stereocenters. The van der Waals surface area contributed by atoms with Crippen molar-refractivity contribution in [1.29, 1.82) is 0 Å². The summed E-state index contributed by atoms with van der Waals surface area (Å²) in [6.45, 7) is 4.96. The standard InChI is InChI=1S/C74H143NO5/c1-3-5-7-9-11-13-15-17-19-35-40-44-48-52-56-60-64-68-74(79)80-69-65-61-57-53-49-45-41-37-34-32-30-28-26-24-22-20-21-23-25-27-29-31-33-36-39-43-47-51-55-59-63-67-73(78)75-71(70-76)72(77)66-62-58-54-50-46-42-38-18-16-14-12-10-8-6-4-2/h11,13,17,19,71-72,76-77H,3-10,12,14-16,18,20-70H2,1-2H3,(H,75,78)/b13-11-,19-17-. The highest BCUT2D eigenvalue weighted by Crippen LogP contribution is 2.19. The molecule has 80 heavy (non-hydrogen) atoms. The van der Waals surface area contributed by atoms with Gasteiger partial charge in [-0.2, -0.15) is 0 Å². The molecule has 0 aromatic heterocycles. The Balaban J connectivity index is 3.31. The average molecular weight is 1130 g/mol. The maximum atomic E-state index is 12.5. The molecule has 0 heterocycles. The number of hydrogen-bond donors (Lipinski definition) is 3. The Bertz CT molecular complexity index is 1250. The SMILES string of the molecule is CCCCC/C=C\C/C=C\CCCCCCCCCC(=O)OCCCCCCCCCCCCCCCCCCCCCCCCCCCCCCCCCC(=O)NC(CO)C(O)CCCCCCCCCCCCCCCCC. The van der Waals surface area contributed by atoms with Crippen LogP contribution < -0.4 is 5.32 Å². The fraction of sp³-hybridized carbons (Fsp3) is 0.919. The number of rotatable bonds is 69. The summed E-state index contributed by atoms with van der Waals surface area (Å²) < 4.78 is 5.50. The van der Waals surface area contributed by atoms with E-state index in [9.17, 15) is 19.8 Å². The minimum Gasteiger partial charge on any atom is -0.466 e. The van der Waals surface area contributed by atoms with Gasteiger partial charge in [0.2, 0.25) is 5.91 Å². The molecule has 0 aromatic rings. The fourth-order valence-electron chi connectivity index (χ4n) is 11.7. The molecule has 0 fully saturated rings. The van der Waals surface area contributed by atoms with Crippen molar-refractivity contribution in [2.45, 2.75) is 424 Å². The van der Waals surface area contributed by atoms with E-state index in [1.165, 1.54) is 327 Å². The molecule has 6 heteroatoms. The molecule has 0 aliphatic heterocycles. The zero-order chi connectivity index (χ0) is 57.8. The van der Waals surface area contributed by atoms with Gasteiger partial charge in [0.1, 0.15) is 0 Å². The summed E-state index contributed by atoms with van der Waals surface area (Å²) in [5.74, 6) is -0.0140. The number of esters is 1. The molecule has 6 nitrogen and oxygen atoms in total. The number of amides is 1. The van der Waals surface area contributed by atoms with Crippen molar-refractivity contribution in [2.24, 2.45) is 0 Å². The minimum atomic E-state index is -0.661. The summed E-state index contributed by atoms with van der Waals surface area (Å²) in [6.07, 6.45) is 88.1. The lowest BCUT2D eigenvalue weighted by Crippen LogP contribution is -2.45. The first-order valence-electron chi connectivity index (χ1n) is 36.6. The van der Waals surface area contributed by atoms with Crippen LogP contribution in [0.15, 0.2) is 24.3 Å². The Hall–Kier alpha value is -1.66. The van der Waals surface area contributed by atoms with E-state index in [4.69, 9.17) is 4.74 Å². The summed E-state index contributed by atoms with van der Waals surface area (Å²) in [4.78, 5) is 24.6. The van der Waals surface area contributed by atoms with E-state index in [-0.39, 0.29) is 18.5 Å². The summed E-state index contributed by atoms with van der Waals surface area (Å²) in [7, 11) is 0. The highest BCUT2D eigenvalue weighted by molar-refractivity contribution is 5.76. The van der Waals surface area contributed by atoms with Gasteiger partial charge in [-0.3, -0.25) is 9.59 Å². The van der Waals surface area contributed by atoms with E-state index in [2.05, 4.69) is 43.5 Å². The monoisotopic (exact) mass is 1130 g/mol. The van der Waals surface area contributed by atoms with Crippen LogP contribution in [0.1, 0.15) is 412 Å². The molecule has 0 aliphatic carbocycles. The van der Waals surface area contributed by atoms with E-state index in [0.29, 0.717) is 25.9 Å². The number of aliphatic hydroxyl groups is 2. The zero-order valence-electron chi connectivity index (χ0n) is 54.3. The lowest BCUT2D eigenvalue weighted by atomic mass is 10.0. The Morgan fingerprint density at radius 1 is 0.350 bits per heavy atom. The highest BCUT2D eigenvalue weighted by Gasteiger charge is 2.20. The largest absolute Gasteiger partial charge is 0.466 e. The molecule has 0 aromatic carbocycles. The van der Waals surface area contributed by atoms with Crippen LogP contribution in [0.25, 0.3) is 0 Å². The molecule has 0 rings (SSSR count). The number of allylic oxidation sites excluding steroid dienone is 4. The number of nitrogens with one attached hydrogen (secondary N) is 1. The van der Waals surface area contributed by atoms with E-state index >= 15 is 0 Å². The number of aliphatic hydroxyl groups excluding tert-OH is 2. The van der Waals surface area contributed by atoms with Crippen molar-refractivity contribution in [1.82, 2.24) is 5.32 Å². The van der Waals surface area contributed by atoms with Crippen molar-refractivity contribution < 1.29 is 24.5 Å². The molecular formula is C74H143NO5. The van der Waals surface area contributed by atoms with Gasteiger partial charge in [0.05, 0.1) is 25.4 Å². The molecule has 1 amide bonds. The number of carbonyl (C=O) groups excluding carboxylic acids is 2. The molecule has 0 radical (unpaired) electrons. The Kier molecular flexibility index (Phi) is 68.4. The fourth-order valence-corrected chi connectivity index (χ4v) is 11.7. The van der Waals surface area contributed by atoms with Gasteiger partial charge < -0.3 is 20.3 Å². The summed E-state index contributed by atoms with van der Waals surface area (Å²) >= 11 is 0. The summed E-state index contributed by atoms with van der Waals surface area (Å²) in [6, 6.07) is -0.538. The molecule has 0 saturated heterocycles. The van der Waals surface area contributed by atoms with E-state index in [1.807, 2.05) is 0 Å². The van der Waals surface area contributed by atoms with Crippen molar-refractivity contribution in [3.63, 3.8) is 0 Å². The summed E-state index contributed by atoms with van der Waals surface area (Å²) in [5, 5.41) is 23.3. The van der Waals surface area contributed by atoms with E-state index in [0.717, 1.165) is 51.4 Å². The van der Waals surface area contributed by atoms with Gasteiger partial charge in [0, 0.05) is 12.8 Å². The van der Waals surface area contributed by atoms with Crippen LogP contribution in [0, 0.1) is 0 Å². The molecule has 0 spiro atoms. The lowest BCUT2D eigenvalue weighted by Gasteiger charge is -2.22. The molecule has 0 aliphatic rings. The lowest BCUT2D eigenvalue weighted by molar-refractivity contribution is -0.143. The van der Waals surface area contributed by atoms with Crippen LogP contribution in [0.2, 0.25) is 0 Å². The van der Waals surface area contributed by atoms with Crippen LogP contribution >= 0.6 is 0 Å². The van der Waals surface area contributed by atoms with E-state index < -0.39 is 12.1 Å². The van der Waals surface area contributed by atoms with Crippen LogP contribution in [0.3, 0.4) is 0 Å². The van der Waals surface area contributed by atoms with Crippen molar-refractivity contribution in [2.75, 3.05) is 13.2 Å². The quantitative estimate of drug-likeness (QED) is 0.0320. The van der Waals surface area contributed by atoms with Gasteiger partial charge in [-0.1, -0.05) is 366 Å². The maximum Gasteiger partial charge on any atom is 0.305 e. The minimum absolute atomic E-state index is 0.0136. The van der Waals surface area contributed by atoms with Gasteiger partial charge in [0.25, 0.3) is 0 Å². The van der Waals surface area contributed by atoms with Crippen molar-refractivity contribution in [3.05, 3.63) is 24.3 Å². The molecule has 2 unspecified atom stereocenters. The number of hydrogen-bond acceptors (Lipinski definition) is 5. The van der Waals surface area contributed by atoms with Crippen LogP contribution in [-0.4, -0.2) is 47.4 Å². The Labute approximate surface area is 501 Å². The molecule has 0 bridgehead atoms. The van der Waals surface area contributed by atoms with Crippen molar-refractivity contribution >= 4 is 11.9 Å². The van der Waals surface area contributed by atoms with Crippen molar-refractivity contribution in [3.8, 4) is 0 Å². The van der Waals surface area contributed by atoms with Gasteiger partial charge in [-0.25, -0.2) is 0 Å². The molecular weight excluding hydrogens is 983 g/mol. The average Bonchev–Trinajstić information content (AvgIpc) is 3.46. The number of unbranched alkanes of at least 4 members (excludes halogenated alkanes) is 54. The predicted octanol–water partition coefficient (Wildman–Crippen LogP) is 23.7. The molecule has 0 saturated carbocycles. The van der Waals surface area contributed by atoms with Crippen LogP contribution in [-0.2, 0) is 14.3 Å². The second-order valence-electron chi connectivity index (χ2n) is 25.3. The number of carbonyl (C=O) groups is 2. The first-order valence-corrected chi connectivity index (χ1v) is 36.6. The second kappa shape index (κ2) is 69.8. The highest BCUT2D eigenvalue weighted by atomic mass is 16.5. The second-order valence-corrected chi connectivity index (χ2v) is 25.3. The zero-order valence-corrected chi connectivity index (χ0v) is 54.3. The Morgan fingerprint density at radius 3 is 0.975 bits per heavy atom. The third-order valence-corrected chi connectivity index (χ3v) is 17.3. The topological polar surface area (TPSA) is 95.9 Å². The third-order valence-electron chi connectivity index (χ3n) is 17.3. The normalized spacial score (nSPS) is 12.6. The predicted molar refractivity (Wildman–Crippen MR) is 352 cm³/mol. The summed E-state index contributed by atoms with van der Waals surface area (Å²) in [5.41, 5.74) is 0. The first kappa shape index (κ1) is 78.3. The Morgan fingerprint density at radius 2 is 0.625 bits per heavy atom. The van der Waals surface area contributed by atoms with Crippen LogP contribution in [0.5, 0.6) is 0 Å². The van der Waals surface area contributed by atoms with Gasteiger partial charge in [-0.15, -0.1) is 0 Å². The van der Waals surface area contributed by atoms with Gasteiger partial charge in [0.15, 0.2) is 0 Å². The molecule has 3 N–H and O–H groups in total. The van der Waals surface area contributed by atoms with Gasteiger partial charge in [-0.05, 0) is 57.8 Å².